The van der Waals surface area contributed by atoms with Gasteiger partial charge in [-0.2, -0.15) is 18.3 Å². The fourth-order valence-electron chi connectivity index (χ4n) is 3.38. The summed E-state index contributed by atoms with van der Waals surface area (Å²) in [6.07, 6.45) is -4.91. The largest absolute Gasteiger partial charge is 0.504 e. The minimum atomic E-state index is -5.37. The number of carbonyl (C=O) groups is 1. The third kappa shape index (κ3) is 4.52. The number of aromatic nitrogens is 3. The molecule has 0 unspecified atom stereocenters. The Morgan fingerprint density at radius 2 is 1.66 bits per heavy atom. The van der Waals surface area contributed by atoms with Crippen LogP contribution in [0.1, 0.15) is 29.9 Å². The summed E-state index contributed by atoms with van der Waals surface area (Å²) in [5.74, 6) is -9.28. The van der Waals surface area contributed by atoms with Crippen LogP contribution in [-0.2, 0) is 6.18 Å². The monoisotopic (exact) mass is 579 g/mol. The summed E-state index contributed by atoms with van der Waals surface area (Å²) in [6.45, 7) is 4.00. The topological polar surface area (TPSA) is 162 Å². The molecule has 4 aromatic rings. The first-order valence-corrected chi connectivity index (χ1v) is 11.0. The lowest BCUT2D eigenvalue weighted by molar-refractivity contribution is -0.142. The van der Waals surface area contributed by atoms with Gasteiger partial charge < -0.3 is 30.1 Å². The first kappa shape index (κ1) is 28.4. The predicted octanol–water partition coefficient (Wildman–Crippen LogP) is 6.21. The summed E-state index contributed by atoms with van der Waals surface area (Å²) in [5, 5.41) is 54.9. The van der Waals surface area contributed by atoms with Gasteiger partial charge in [-0.3, -0.25) is 0 Å². The number of phenolic OH excluding ortho intramolecular Hbond substituents is 4. The molecule has 16 heteroatoms. The van der Waals surface area contributed by atoms with E-state index in [1.54, 1.807) is 0 Å². The number of aromatic hydroxyl groups is 4. The molecule has 0 aliphatic carbocycles. The maximum atomic E-state index is 14.4. The molecule has 0 bridgehead atoms. The molecule has 202 valence electrons. The van der Waals surface area contributed by atoms with Gasteiger partial charge in [0, 0.05) is 0 Å². The number of rotatable bonds is 4. The molecule has 0 amide bonds. The number of hydrogen-bond donors (Lipinski definition) is 5. The highest BCUT2D eigenvalue weighted by Crippen LogP contribution is 2.52. The normalized spacial score (nSPS) is 11.3. The van der Waals surface area contributed by atoms with Crippen LogP contribution in [0.3, 0.4) is 0 Å². The zero-order chi connectivity index (χ0) is 28.7. The van der Waals surface area contributed by atoms with Crippen molar-refractivity contribution < 1.29 is 52.4 Å². The van der Waals surface area contributed by atoms with E-state index >= 15 is 0 Å². The first-order valence-electron chi connectivity index (χ1n) is 10.3. The van der Waals surface area contributed by atoms with E-state index in [0.29, 0.717) is 6.20 Å². The smallest absolute Gasteiger partial charge is 0.434 e. The van der Waals surface area contributed by atoms with Crippen molar-refractivity contribution in [3.63, 3.8) is 0 Å². The molecule has 0 atom stereocenters. The minimum absolute atomic E-state index is 0.116. The van der Waals surface area contributed by atoms with Crippen LogP contribution in [0.5, 0.6) is 23.0 Å². The first-order chi connectivity index (χ1) is 17.8. The van der Waals surface area contributed by atoms with E-state index in [1.165, 1.54) is 12.1 Å². The molecular formula is C22H15Cl2F4N3O7. The summed E-state index contributed by atoms with van der Waals surface area (Å²) >= 11 is 11.6. The van der Waals surface area contributed by atoms with E-state index in [9.17, 15) is 47.9 Å². The molecule has 0 radical (unpaired) electrons. The lowest BCUT2D eigenvalue weighted by Crippen LogP contribution is -2.15. The fraction of sp³-hybridized carbons (Fsp3) is 0.136. The molecule has 10 nitrogen and oxygen atoms in total. The summed E-state index contributed by atoms with van der Waals surface area (Å²) in [4.78, 5) is 12.0. The number of aromatic carboxylic acids is 1. The van der Waals surface area contributed by atoms with E-state index in [-0.39, 0.29) is 9.70 Å². The highest BCUT2D eigenvalue weighted by atomic mass is 35.5. The van der Waals surface area contributed by atoms with E-state index in [4.69, 9.17) is 27.7 Å². The van der Waals surface area contributed by atoms with Gasteiger partial charge in [0.05, 0.1) is 22.3 Å². The highest BCUT2D eigenvalue weighted by molar-refractivity contribution is 6.34. The second-order valence-electron chi connectivity index (χ2n) is 7.01. The van der Waals surface area contributed by atoms with Gasteiger partial charge in [0.2, 0.25) is 5.75 Å². The van der Waals surface area contributed by atoms with Crippen LogP contribution in [0.25, 0.3) is 28.3 Å². The van der Waals surface area contributed by atoms with E-state index in [0.717, 1.165) is 6.07 Å². The fourth-order valence-corrected chi connectivity index (χ4v) is 3.81. The molecule has 0 aliphatic rings. The number of carboxylic acid groups (broad SMARTS) is 1. The summed E-state index contributed by atoms with van der Waals surface area (Å²) in [5.41, 5.74) is -6.38. The van der Waals surface area contributed by atoms with Crippen LogP contribution in [0.15, 0.2) is 28.9 Å². The van der Waals surface area contributed by atoms with Crippen molar-refractivity contribution in [2.24, 2.45) is 0 Å². The van der Waals surface area contributed by atoms with Gasteiger partial charge >= 0.3 is 12.1 Å². The summed E-state index contributed by atoms with van der Waals surface area (Å²) < 4.78 is 61.7. The van der Waals surface area contributed by atoms with Crippen molar-refractivity contribution >= 4 is 29.2 Å². The molecule has 5 N–H and O–H groups in total. The van der Waals surface area contributed by atoms with Gasteiger partial charge in [-0.15, -0.1) is 0 Å². The Morgan fingerprint density at radius 1 is 1.03 bits per heavy atom. The van der Waals surface area contributed by atoms with Crippen LogP contribution >= 0.6 is 23.2 Å². The molecule has 38 heavy (non-hydrogen) atoms. The van der Waals surface area contributed by atoms with Gasteiger partial charge in [0.15, 0.2) is 34.4 Å². The Bertz CT molecular complexity index is 1500. The maximum absolute atomic E-state index is 14.4. The molecule has 0 spiro atoms. The van der Waals surface area contributed by atoms with Crippen LogP contribution < -0.4 is 0 Å². The van der Waals surface area contributed by atoms with E-state index in [1.807, 2.05) is 13.8 Å². The van der Waals surface area contributed by atoms with Crippen molar-refractivity contribution in [3.8, 4) is 51.3 Å². The maximum Gasteiger partial charge on any atom is 0.434 e. The molecule has 2 aromatic heterocycles. The van der Waals surface area contributed by atoms with Crippen LogP contribution in [-0.4, -0.2) is 46.4 Å². The number of alkyl halides is 3. The van der Waals surface area contributed by atoms with Crippen molar-refractivity contribution in [1.82, 2.24) is 14.9 Å². The number of phenols is 4. The molecular weight excluding hydrogens is 565 g/mol. The Balaban J connectivity index is 0.00000195. The van der Waals surface area contributed by atoms with Crippen molar-refractivity contribution in [2.45, 2.75) is 20.0 Å². The highest BCUT2D eigenvalue weighted by Gasteiger charge is 2.43. The number of halogens is 6. The third-order valence-electron chi connectivity index (χ3n) is 4.91. The second-order valence-corrected chi connectivity index (χ2v) is 7.80. The molecule has 0 aliphatic heterocycles. The Labute approximate surface area is 219 Å². The van der Waals surface area contributed by atoms with Crippen molar-refractivity contribution in [2.75, 3.05) is 0 Å². The Kier molecular flexibility index (Phi) is 7.70. The standard InChI is InChI=1S/C20H9Cl2F4N3O7.C2H6/c21-6-2-1-3-7(23)8(6)11-9(19(34)35)17(36-28-11)5-4-27-29(18(5)20(24,25)26)12-13(30)10(22)14(31)16(33)15(12)32;1-2/h1-4,30-33H,(H,34,35);1-2H3. The lowest BCUT2D eigenvalue weighted by Gasteiger charge is -2.16. The van der Waals surface area contributed by atoms with Gasteiger partial charge in [-0.25, -0.2) is 13.9 Å². The lowest BCUT2D eigenvalue weighted by atomic mass is 10.0. The molecule has 0 saturated heterocycles. The second kappa shape index (κ2) is 10.3. The predicted molar refractivity (Wildman–Crippen MR) is 124 cm³/mol. The molecule has 2 aromatic carbocycles. The van der Waals surface area contributed by atoms with Crippen LogP contribution in [0.4, 0.5) is 17.6 Å². The van der Waals surface area contributed by atoms with Crippen LogP contribution in [0, 0.1) is 5.82 Å². The van der Waals surface area contributed by atoms with Crippen LogP contribution in [0.2, 0.25) is 10.0 Å². The average Bonchev–Trinajstić information content (AvgIpc) is 3.48. The number of benzene rings is 2. The Hall–Kier alpha value is -4.17. The van der Waals surface area contributed by atoms with Crippen molar-refractivity contribution in [1.29, 1.82) is 0 Å². The molecule has 0 fully saturated rings. The van der Waals surface area contributed by atoms with Gasteiger partial charge in [0.1, 0.15) is 22.1 Å². The van der Waals surface area contributed by atoms with Crippen molar-refractivity contribution in [3.05, 3.63) is 51.5 Å². The number of carboxylic acids is 1. The SMILES string of the molecule is CC.O=C(O)c1c(-c2c(F)cccc2Cl)noc1-c1cnn(-c2c(O)c(O)c(O)c(Cl)c2O)c1C(F)(F)F. The van der Waals surface area contributed by atoms with Gasteiger partial charge in [-0.05, 0) is 12.1 Å². The zero-order valence-electron chi connectivity index (χ0n) is 19.0. The summed E-state index contributed by atoms with van der Waals surface area (Å²) in [7, 11) is 0. The molecule has 2 heterocycles. The van der Waals surface area contributed by atoms with E-state index in [2.05, 4.69) is 10.3 Å². The average molecular weight is 580 g/mol. The Morgan fingerprint density at radius 3 is 2.21 bits per heavy atom. The van der Waals surface area contributed by atoms with E-state index < -0.39 is 85.5 Å². The zero-order valence-corrected chi connectivity index (χ0v) is 20.5. The quantitative estimate of drug-likeness (QED) is 0.107. The number of nitrogens with zero attached hydrogens (tertiary/aromatic N) is 3. The van der Waals surface area contributed by atoms with Gasteiger partial charge in [-0.1, -0.05) is 48.3 Å². The summed E-state index contributed by atoms with van der Waals surface area (Å²) in [6, 6.07) is 3.30. The number of hydrogen-bond acceptors (Lipinski definition) is 8. The minimum Gasteiger partial charge on any atom is -0.504 e. The third-order valence-corrected chi connectivity index (χ3v) is 5.59. The molecule has 4 rings (SSSR count). The molecule has 0 saturated carbocycles. The van der Waals surface area contributed by atoms with Gasteiger partial charge in [0.25, 0.3) is 0 Å².